The number of carbonyl (C=O) groups excluding carboxylic acids is 2. The van der Waals surface area contributed by atoms with Crippen LogP contribution in [0.4, 0.5) is 0 Å². The fourth-order valence-electron chi connectivity index (χ4n) is 2.05. The summed E-state index contributed by atoms with van der Waals surface area (Å²) >= 11 is 0. The van der Waals surface area contributed by atoms with Gasteiger partial charge in [0.2, 0.25) is 5.91 Å². The van der Waals surface area contributed by atoms with Crippen LogP contribution in [0.15, 0.2) is 30.3 Å². The number of rotatable bonds is 5. The van der Waals surface area contributed by atoms with E-state index in [0.29, 0.717) is 26.1 Å². The van der Waals surface area contributed by atoms with Gasteiger partial charge in [-0.15, -0.1) is 0 Å². The molecule has 20 heavy (non-hydrogen) atoms. The van der Waals surface area contributed by atoms with Crippen LogP contribution in [0, 0.1) is 5.92 Å². The van der Waals surface area contributed by atoms with Crippen molar-refractivity contribution in [3.63, 3.8) is 0 Å². The molecule has 1 aromatic rings. The topological polar surface area (TPSA) is 64.6 Å². The smallest absolute Gasteiger partial charge is 0.325 e. The lowest BCUT2D eigenvalue weighted by Gasteiger charge is -2.20. The Morgan fingerprint density at radius 3 is 2.60 bits per heavy atom. The summed E-state index contributed by atoms with van der Waals surface area (Å²) < 4.78 is 10.3. The summed E-state index contributed by atoms with van der Waals surface area (Å²) in [5.74, 6) is -0.565. The first-order chi connectivity index (χ1) is 9.75. The van der Waals surface area contributed by atoms with Gasteiger partial charge in [0.25, 0.3) is 0 Å². The zero-order valence-electron chi connectivity index (χ0n) is 11.3. The predicted molar refractivity (Wildman–Crippen MR) is 72.8 cm³/mol. The van der Waals surface area contributed by atoms with Gasteiger partial charge in [0.1, 0.15) is 13.2 Å². The van der Waals surface area contributed by atoms with Crippen LogP contribution in [0.5, 0.6) is 0 Å². The third-order valence-corrected chi connectivity index (χ3v) is 3.24. The van der Waals surface area contributed by atoms with E-state index in [1.54, 1.807) is 0 Å². The number of carbonyl (C=O) groups is 2. The molecule has 0 atom stereocenters. The lowest BCUT2D eigenvalue weighted by atomic mass is 9.99. The molecule has 5 heteroatoms. The molecule has 0 aromatic heterocycles. The minimum absolute atomic E-state index is 0.0503. The number of benzene rings is 1. The normalized spacial score (nSPS) is 15.6. The molecule has 1 fully saturated rings. The van der Waals surface area contributed by atoms with E-state index in [-0.39, 0.29) is 25.0 Å². The Morgan fingerprint density at radius 2 is 1.90 bits per heavy atom. The SMILES string of the molecule is O=C(CNC(=O)C1CCOCC1)OCc1ccccc1. The van der Waals surface area contributed by atoms with Crippen molar-refractivity contribution in [3.8, 4) is 0 Å². The second-order valence-electron chi connectivity index (χ2n) is 4.75. The molecule has 0 bridgehead atoms. The van der Waals surface area contributed by atoms with E-state index in [1.165, 1.54) is 0 Å². The molecule has 0 aliphatic carbocycles. The standard InChI is InChI=1S/C15H19NO4/c17-14(20-11-12-4-2-1-3-5-12)10-16-15(18)13-6-8-19-9-7-13/h1-5,13H,6-11H2,(H,16,18). The first-order valence-corrected chi connectivity index (χ1v) is 6.80. The summed E-state index contributed by atoms with van der Waals surface area (Å²) in [6.45, 7) is 1.36. The van der Waals surface area contributed by atoms with Gasteiger partial charge in [-0.05, 0) is 18.4 Å². The molecule has 0 spiro atoms. The Balaban J connectivity index is 1.65. The van der Waals surface area contributed by atoms with Crippen molar-refractivity contribution in [1.82, 2.24) is 5.32 Å². The largest absolute Gasteiger partial charge is 0.460 e. The maximum atomic E-state index is 11.8. The van der Waals surface area contributed by atoms with Gasteiger partial charge in [-0.2, -0.15) is 0 Å². The molecule has 1 aliphatic heterocycles. The van der Waals surface area contributed by atoms with Crippen molar-refractivity contribution < 1.29 is 19.1 Å². The fraction of sp³-hybridized carbons (Fsp3) is 0.467. The Labute approximate surface area is 118 Å². The lowest BCUT2D eigenvalue weighted by Crippen LogP contribution is -2.37. The van der Waals surface area contributed by atoms with Gasteiger partial charge < -0.3 is 14.8 Å². The number of amides is 1. The zero-order chi connectivity index (χ0) is 14.2. The average Bonchev–Trinajstić information content (AvgIpc) is 2.52. The highest BCUT2D eigenvalue weighted by atomic mass is 16.5. The van der Waals surface area contributed by atoms with Crippen LogP contribution in [0.1, 0.15) is 18.4 Å². The van der Waals surface area contributed by atoms with E-state index >= 15 is 0 Å². The molecular formula is C15H19NO4. The van der Waals surface area contributed by atoms with Gasteiger partial charge in [0.15, 0.2) is 0 Å². The number of hydrogen-bond acceptors (Lipinski definition) is 4. The van der Waals surface area contributed by atoms with Gasteiger partial charge in [-0.3, -0.25) is 9.59 Å². The van der Waals surface area contributed by atoms with Crippen molar-refractivity contribution in [2.45, 2.75) is 19.4 Å². The molecule has 1 aliphatic rings. The van der Waals surface area contributed by atoms with E-state index in [0.717, 1.165) is 5.56 Å². The van der Waals surface area contributed by atoms with E-state index in [2.05, 4.69) is 5.32 Å². The van der Waals surface area contributed by atoms with E-state index < -0.39 is 5.97 Å². The van der Waals surface area contributed by atoms with Crippen LogP contribution >= 0.6 is 0 Å². The second kappa shape index (κ2) is 7.65. The molecule has 1 heterocycles. The van der Waals surface area contributed by atoms with Gasteiger partial charge in [0.05, 0.1) is 0 Å². The summed E-state index contributed by atoms with van der Waals surface area (Å²) in [5, 5.41) is 2.62. The van der Waals surface area contributed by atoms with Gasteiger partial charge >= 0.3 is 5.97 Å². The highest BCUT2D eigenvalue weighted by Crippen LogP contribution is 2.14. The minimum atomic E-state index is -0.422. The minimum Gasteiger partial charge on any atom is -0.460 e. The maximum absolute atomic E-state index is 11.8. The van der Waals surface area contributed by atoms with Crippen molar-refractivity contribution in [2.24, 2.45) is 5.92 Å². The number of hydrogen-bond donors (Lipinski definition) is 1. The lowest BCUT2D eigenvalue weighted by molar-refractivity contribution is -0.145. The van der Waals surface area contributed by atoms with E-state index in [1.807, 2.05) is 30.3 Å². The molecule has 108 valence electrons. The third-order valence-electron chi connectivity index (χ3n) is 3.24. The summed E-state index contributed by atoms with van der Waals surface area (Å²) in [5.41, 5.74) is 0.927. The van der Waals surface area contributed by atoms with Gasteiger partial charge in [-0.25, -0.2) is 0 Å². The highest BCUT2D eigenvalue weighted by Gasteiger charge is 2.21. The zero-order valence-corrected chi connectivity index (χ0v) is 11.3. The van der Waals surface area contributed by atoms with Crippen LogP contribution in [0.25, 0.3) is 0 Å². The summed E-state index contributed by atoms with van der Waals surface area (Å²) in [6.07, 6.45) is 1.43. The van der Waals surface area contributed by atoms with Gasteiger partial charge in [0, 0.05) is 19.1 Å². The Kier molecular flexibility index (Phi) is 5.55. The Morgan fingerprint density at radius 1 is 1.20 bits per heavy atom. The molecule has 1 amide bonds. The monoisotopic (exact) mass is 277 g/mol. The number of esters is 1. The van der Waals surface area contributed by atoms with Gasteiger partial charge in [-0.1, -0.05) is 30.3 Å². The van der Waals surface area contributed by atoms with Crippen molar-refractivity contribution in [3.05, 3.63) is 35.9 Å². The Hall–Kier alpha value is -1.88. The van der Waals surface area contributed by atoms with E-state index in [4.69, 9.17) is 9.47 Å². The number of ether oxygens (including phenoxy) is 2. The molecule has 5 nitrogen and oxygen atoms in total. The predicted octanol–water partition coefficient (Wildman–Crippen LogP) is 1.27. The molecule has 2 rings (SSSR count). The van der Waals surface area contributed by atoms with Crippen molar-refractivity contribution >= 4 is 11.9 Å². The summed E-state index contributed by atoms with van der Waals surface area (Å²) in [4.78, 5) is 23.3. The number of nitrogens with one attached hydrogen (secondary N) is 1. The quantitative estimate of drug-likeness (QED) is 0.823. The summed E-state index contributed by atoms with van der Waals surface area (Å²) in [6, 6.07) is 9.44. The molecule has 0 saturated carbocycles. The fourth-order valence-corrected chi connectivity index (χ4v) is 2.05. The molecule has 1 N–H and O–H groups in total. The molecule has 0 unspecified atom stereocenters. The highest BCUT2D eigenvalue weighted by molar-refractivity contribution is 5.83. The first kappa shape index (κ1) is 14.5. The third kappa shape index (κ3) is 4.66. The first-order valence-electron chi connectivity index (χ1n) is 6.80. The van der Waals surface area contributed by atoms with Crippen molar-refractivity contribution in [2.75, 3.05) is 19.8 Å². The molecule has 1 aromatic carbocycles. The van der Waals surface area contributed by atoms with Crippen LogP contribution in [-0.2, 0) is 25.7 Å². The maximum Gasteiger partial charge on any atom is 0.325 e. The second-order valence-corrected chi connectivity index (χ2v) is 4.75. The van der Waals surface area contributed by atoms with Crippen molar-refractivity contribution in [1.29, 1.82) is 0 Å². The molecule has 1 saturated heterocycles. The van der Waals surface area contributed by atoms with Crippen LogP contribution in [0.3, 0.4) is 0 Å². The molecular weight excluding hydrogens is 258 g/mol. The summed E-state index contributed by atoms with van der Waals surface area (Å²) in [7, 11) is 0. The van der Waals surface area contributed by atoms with E-state index in [9.17, 15) is 9.59 Å². The van der Waals surface area contributed by atoms with Crippen LogP contribution < -0.4 is 5.32 Å². The molecule has 0 radical (unpaired) electrons. The average molecular weight is 277 g/mol. The van der Waals surface area contributed by atoms with Crippen LogP contribution in [0.2, 0.25) is 0 Å². The Bertz CT molecular complexity index is 440. The van der Waals surface area contributed by atoms with Crippen LogP contribution in [-0.4, -0.2) is 31.6 Å².